The Morgan fingerprint density at radius 3 is 2.47 bits per heavy atom. The van der Waals surface area contributed by atoms with Crippen LogP contribution in [-0.2, 0) is 4.79 Å². The zero-order valence-electron chi connectivity index (χ0n) is 7.97. The molecule has 5 heteroatoms. The standard InChI is InChI=1S/C7H8O.C3H3NO2S/c1-6-4-2-3-5-7(6)8;5-2-1-7-3(6)4-2/h2-5,7-8H,1H2;1H2,(H,4,5,6). The molecule has 2 N–H and O–H groups in total. The summed E-state index contributed by atoms with van der Waals surface area (Å²) in [6.45, 7) is 3.61. The average Bonchev–Trinajstić information content (AvgIpc) is 2.56. The number of carbonyl (C=O) groups is 2. The summed E-state index contributed by atoms with van der Waals surface area (Å²) < 4.78 is 0. The maximum Gasteiger partial charge on any atom is 0.286 e. The fraction of sp³-hybridized carbons (Fsp3) is 0.200. The summed E-state index contributed by atoms with van der Waals surface area (Å²) in [6.07, 6.45) is 6.70. The molecule has 0 aromatic rings. The van der Waals surface area contributed by atoms with Crippen molar-refractivity contribution in [1.82, 2.24) is 5.32 Å². The minimum Gasteiger partial charge on any atom is -0.384 e. The molecule has 1 aliphatic carbocycles. The summed E-state index contributed by atoms with van der Waals surface area (Å²) in [5.74, 6) is 0.105. The molecule has 2 amide bonds. The number of thioether (sulfide) groups is 1. The van der Waals surface area contributed by atoms with Gasteiger partial charge in [-0.25, -0.2) is 0 Å². The monoisotopic (exact) mass is 225 g/mol. The van der Waals surface area contributed by atoms with Crippen LogP contribution < -0.4 is 5.32 Å². The van der Waals surface area contributed by atoms with E-state index in [0.29, 0.717) is 5.75 Å². The topological polar surface area (TPSA) is 66.4 Å². The van der Waals surface area contributed by atoms with E-state index in [9.17, 15) is 9.59 Å². The Morgan fingerprint density at radius 2 is 2.20 bits per heavy atom. The van der Waals surface area contributed by atoms with Crippen LogP contribution in [-0.4, -0.2) is 28.1 Å². The first-order valence-corrected chi connectivity index (χ1v) is 5.26. The lowest BCUT2D eigenvalue weighted by atomic mass is 10.1. The number of aliphatic hydroxyl groups excluding tert-OH is 1. The summed E-state index contributed by atoms with van der Waals surface area (Å²) in [6, 6.07) is 0. The fourth-order valence-electron chi connectivity index (χ4n) is 0.888. The van der Waals surface area contributed by atoms with Crippen molar-refractivity contribution < 1.29 is 14.7 Å². The first kappa shape index (κ1) is 11.7. The number of aliphatic hydroxyl groups is 1. The number of carbonyl (C=O) groups excluding carboxylic acids is 2. The lowest BCUT2D eigenvalue weighted by Gasteiger charge is -2.06. The van der Waals surface area contributed by atoms with E-state index >= 15 is 0 Å². The largest absolute Gasteiger partial charge is 0.384 e. The van der Waals surface area contributed by atoms with Crippen molar-refractivity contribution in [2.75, 3.05) is 5.75 Å². The van der Waals surface area contributed by atoms with Gasteiger partial charge in [-0.15, -0.1) is 0 Å². The van der Waals surface area contributed by atoms with E-state index < -0.39 is 6.10 Å². The quantitative estimate of drug-likeness (QED) is 0.645. The summed E-state index contributed by atoms with van der Waals surface area (Å²) in [5.41, 5.74) is 0.757. The molecule has 15 heavy (non-hydrogen) atoms. The number of allylic oxidation sites excluding steroid dienone is 2. The van der Waals surface area contributed by atoms with Gasteiger partial charge in [0.05, 0.1) is 11.9 Å². The van der Waals surface area contributed by atoms with Crippen molar-refractivity contribution in [1.29, 1.82) is 0 Å². The summed E-state index contributed by atoms with van der Waals surface area (Å²) in [5, 5.41) is 10.8. The van der Waals surface area contributed by atoms with Gasteiger partial charge in [-0.3, -0.25) is 14.9 Å². The lowest BCUT2D eigenvalue weighted by Crippen LogP contribution is -2.18. The van der Waals surface area contributed by atoms with Crippen LogP contribution in [0.5, 0.6) is 0 Å². The van der Waals surface area contributed by atoms with Crippen LogP contribution in [0, 0.1) is 0 Å². The van der Waals surface area contributed by atoms with Crippen LogP contribution >= 0.6 is 11.8 Å². The van der Waals surface area contributed by atoms with Crippen LogP contribution in [0.2, 0.25) is 0 Å². The Balaban J connectivity index is 0.000000151. The Bertz CT molecular complexity index is 333. The second kappa shape index (κ2) is 5.53. The molecule has 0 spiro atoms. The van der Waals surface area contributed by atoms with Crippen molar-refractivity contribution in [2.24, 2.45) is 0 Å². The number of hydrogen-bond acceptors (Lipinski definition) is 4. The van der Waals surface area contributed by atoms with Gasteiger partial charge < -0.3 is 5.11 Å². The van der Waals surface area contributed by atoms with Gasteiger partial charge >= 0.3 is 0 Å². The van der Waals surface area contributed by atoms with Crippen molar-refractivity contribution in [3.05, 3.63) is 36.5 Å². The zero-order valence-corrected chi connectivity index (χ0v) is 8.79. The van der Waals surface area contributed by atoms with Crippen LogP contribution in [0.25, 0.3) is 0 Å². The van der Waals surface area contributed by atoms with Crippen molar-refractivity contribution in [3.63, 3.8) is 0 Å². The predicted molar refractivity (Wildman–Crippen MR) is 59.4 cm³/mol. The van der Waals surface area contributed by atoms with E-state index in [0.717, 1.165) is 17.3 Å². The molecule has 1 heterocycles. The molecule has 4 nitrogen and oxygen atoms in total. The van der Waals surface area contributed by atoms with Gasteiger partial charge in [0, 0.05) is 0 Å². The number of amides is 2. The Labute approximate surface area is 91.7 Å². The third kappa shape index (κ3) is 4.14. The molecule has 0 bridgehead atoms. The lowest BCUT2D eigenvalue weighted by molar-refractivity contribution is -0.117. The number of nitrogens with one attached hydrogen (secondary N) is 1. The molecule has 0 radical (unpaired) electrons. The summed E-state index contributed by atoms with van der Waals surface area (Å²) >= 11 is 1.01. The number of hydrogen-bond donors (Lipinski definition) is 2. The summed E-state index contributed by atoms with van der Waals surface area (Å²) in [7, 11) is 0. The molecule has 0 aromatic heterocycles. The number of rotatable bonds is 0. The molecule has 1 saturated heterocycles. The van der Waals surface area contributed by atoms with Crippen LogP contribution in [0.1, 0.15) is 0 Å². The molecular weight excluding hydrogens is 214 g/mol. The van der Waals surface area contributed by atoms with Crippen molar-refractivity contribution in [2.45, 2.75) is 6.10 Å². The van der Waals surface area contributed by atoms with Gasteiger partial charge in [0.15, 0.2) is 0 Å². The molecule has 0 aromatic carbocycles. The Morgan fingerprint density at radius 1 is 1.47 bits per heavy atom. The van der Waals surface area contributed by atoms with Gasteiger partial charge in [-0.1, -0.05) is 42.6 Å². The third-order valence-corrected chi connectivity index (χ3v) is 2.44. The van der Waals surface area contributed by atoms with Crippen molar-refractivity contribution >= 4 is 22.9 Å². The minimum absolute atomic E-state index is 0.185. The van der Waals surface area contributed by atoms with E-state index in [4.69, 9.17) is 5.11 Å². The molecule has 1 aliphatic heterocycles. The molecule has 1 atom stereocenters. The predicted octanol–water partition coefficient (Wildman–Crippen LogP) is 0.999. The first-order chi connectivity index (χ1) is 7.09. The average molecular weight is 225 g/mol. The number of imide groups is 1. The smallest absolute Gasteiger partial charge is 0.286 e. The van der Waals surface area contributed by atoms with E-state index in [1.165, 1.54) is 0 Å². The van der Waals surface area contributed by atoms with Gasteiger partial charge in [-0.2, -0.15) is 0 Å². The molecular formula is C10H11NO3S. The normalized spacial score (nSPS) is 23.5. The molecule has 2 rings (SSSR count). The Hall–Kier alpha value is -1.33. The second-order valence-corrected chi connectivity index (χ2v) is 3.84. The molecule has 1 fully saturated rings. The van der Waals surface area contributed by atoms with Gasteiger partial charge in [0.2, 0.25) is 5.91 Å². The van der Waals surface area contributed by atoms with E-state index in [1.807, 2.05) is 6.08 Å². The van der Waals surface area contributed by atoms with Crippen LogP contribution in [0.15, 0.2) is 36.5 Å². The highest BCUT2D eigenvalue weighted by atomic mass is 32.2. The summed E-state index contributed by atoms with van der Waals surface area (Å²) in [4.78, 5) is 20.2. The maximum absolute atomic E-state index is 10.1. The maximum atomic E-state index is 10.1. The van der Waals surface area contributed by atoms with Gasteiger partial charge in [-0.05, 0) is 5.57 Å². The van der Waals surface area contributed by atoms with Gasteiger partial charge in [0.25, 0.3) is 5.24 Å². The van der Waals surface area contributed by atoms with E-state index in [2.05, 4.69) is 11.9 Å². The van der Waals surface area contributed by atoms with Gasteiger partial charge in [0.1, 0.15) is 0 Å². The second-order valence-electron chi connectivity index (χ2n) is 2.89. The fourth-order valence-corrected chi connectivity index (χ4v) is 1.41. The van der Waals surface area contributed by atoms with E-state index in [-0.39, 0.29) is 11.1 Å². The molecule has 2 aliphatic rings. The SMILES string of the molecule is C=C1C=CC=CC1O.O=C1CSC(=O)N1. The van der Waals surface area contributed by atoms with Crippen LogP contribution in [0.4, 0.5) is 4.79 Å². The molecule has 80 valence electrons. The first-order valence-electron chi connectivity index (χ1n) is 4.28. The zero-order chi connectivity index (χ0) is 11.3. The van der Waals surface area contributed by atoms with Crippen molar-refractivity contribution in [3.8, 4) is 0 Å². The van der Waals surface area contributed by atoms with Crippen LogP contribution in [0.3, 0.4) is 0 Å². The third-order valence-electron chi connectivity index (χ3n) is 1.67. The highest BCUT2D eigenvalue weighted by Gasteiger charge is 2.16. The molecule has 1 unspecified atom stereocenters. The van der Waals surface area contributed by atoms with E-state index in [1.54, 1.807) is 18.2 Å². The highest BCUT2D eigenvalue weighted by Crippen LogP contribution is 2.07. The minimum atomic E-state index is -0.458. The molecule has 0 saturated carbocycles. The highest BCUT2D eigenvalue weighted by molar-refractivity contribution is 8.14. The Kier molecular flexibility index (Phi) is 4.33.